The first-order valence-electron chi connectivity index (χ1n) is 13.0. The van der Waals surface area contributed by atoms with Crippen molar-refractivity contribution in [3.63, 3.8) is 0 Å². The van der Waals surface area contributed by atoms with Gasteiger partial charge in [0.2, 0.25) is 11.8 Å². The molecular formula is C30H33ClN4O3S. The van der Waals surface area contributed by atoms with Crippen molar-refractivity contribution in [3.05, 3.63) is 77.0 Å². The Morgan fingerprint density at radius 3 is 2.44 bits per heavy atom. The van der Waals surface area contributed by atoms with E-state index in [0.29, 0.717) is 28.9 Å². The number of nitrogens with one attached hydrogen (secondary N) is 2. The van der Waals surface area contributed by atoms with E-state index in [1.807, 2.05) is 60.4 Å². The van der Waals surface area contributed by atoms with Crippen molar-refractivity contribution in [1.29, 1.82) is 0 Å². The number of thiocarbonyl (C=S) groups is 1. The van der Waals surface area contributed by atoms with Gasteiger partial charge in [-0.05, 0) is 79.2 Å². The number of rotatable bonds is 7. The van der Waals surface area contributed by atoms with E-state index in [4.69, 9.17) is 28.2 Å². The molecule has 0 saturated carbocycles. The molecule has 4 rings (SSSR count). The molecule has 3 aromatic rings. The number of nitrogens with zero attached hydrogens (tertiary/aromatic N) is 2. The lowest BCUT2D eigenvalue weighted by Gasteiger charge is -2.36. The molecule has 7 nitrogen and oxygen atoms in total. The number of hydrogen-bond acceptors (Lipinski definition) is 5. The second kappa shape index (κ2) is 13.0. The molecule has 2 heterocycles. The number of carbonyl (C=O) groups excluding carboxylic acids is 2. The first kappa shape index (κ1) is 28.4. The molecule has 1 aromatic heterocycles. The third-order valence-electron chi connectivity index (χ3n) is 6.42. The number of piperazine rings is 1. The van der Waals surface area contributed by atoms with Crippen molar-refractivity contribution >= 4 is 58.2 Å². The van der Waals surface area contributed by atoms with Crippen LogP contribution in [0.5, 0.6) is 0 Å². The van der Waals surface area contributed by atoms with Gasteiger partial charge in [-0.2, -0.15) is 0 Å². The van der Waals surface area contributed by atoms with E-state index in [0.717, 1.165) is 48.7 Å². The smallest absolute Gasteiger partial charge is 0.250 e. The SMILES string of the molecule is Cc1ccc(-c2ccc(/C=C/C(=O)NC(=S)Nc3ccc(N4CCN(C(=O)CC(C)C)CC4)cc3)o2)cc1Cl. The lowest BCUT2D eigenvalue weighted by Crippen LogP contribution is -2.49. The Hall–Kier alpha value is -3.62. The van der Waals surface area contributed by atoms with Crippen molar-refractivity contribution in [3.8, 4) is 11.3 Å². The summed E-state index contributed by atoms with van der Waals surface area (Å²) < 4.78 is 5.81. The third kappa shape index (κ3) is 7.94. The van der Waals surface area contributed by atoms with Gasteiger partial charge in [0.25, 0.3) is 0 Å². The number of amides is 2. The predicted octanol–water partition coefficient (Wildman–Crippen LogP) is 6.13. The van der Waals surface area contributed by atoms with Crippen molar-refractivity contribution in [2.45, 2.75) is 27.2 Å². The number of anilines is 2. The lowest BCUT2D eigenvalue weighted by atomic mass is 10.1. The van der Waals surface area contributed by atoms with Gasteiger partial charge in [0.05, 0.1) is 0 Å². The molecule has 0 aliphatic carbocycles. The maximum Gasteiger partial charge on any atom is 0.250 e. The highest BCUT2D eigenvalue weighted by Gasteiger charge is 2.21. The van der Waals surface area contributed by atoms with Gasteiger partial charge in [-0.25, -0.2) is 0 Å². The highest BCUT2D eigenvalue weighted by Crippen LogP contribution is 2.27. The molecule has 1 fully saturated rings. The number of hydrogen-bond donors (Lipinski definition) is 2. The normalized spacial score (nSPS) is 13.7. The Labute approximate surface area is 239 Å². The van der Waals surface area contributed by atoms with Crippen LogP contribution >= 0.6 is 23.8 Å². The predicted molar refractivity (Wildman–Crippen MR) is 162 cm³/mol. The Morgan fingerprint density at radius 1 is 1.05 bits per heavy atom. The summed E-state index contributed by atoms with van der Waals surface area (Å²) in [5.74, 6) is 1.44. The summed E-state index contributed by atoms with van der Waals surface area (Å²) in [5, 5.41) is 6.55. The minimum absolute atomic E-state index is 0.198. The minimum atomic E-state index is -0.370. The minimum Gasteiger partial charge on any atom is -0.457 e. The van der Waals surface area contributed by atoms with Crippen LogP contribution in [0.15, 0.2) is 65.1 Å². The molecular weight excluding hydrogens is 532 g/mol. The fourth-order valence-electron chi connectivity index (χ4n) is 4.27. The number of furan rings is 1. The monoisotopic (exact) mass is 564 g/mol. The Balaban J connectivity index is 1.24. The van der Waals surface area contributed by atoms with Crippen LogP contribution in [0.25, 0.3) is 17.4 Å². The lowest BCUT2D eigenvalue weighted by molar-refractivity contribution is -0.132. The van der Waals surface area contributed by atoms with E-state index in [1.54, 1.807) is 12.1 Å². The van der Waals surface area contributed by atoms with Gasteiger partial charge in [-0.3, -0.25) is 14.9 Å². The molecule has 1 saturated heterocycles. The van der Waals surface area contributed by atoms with Crippen LogP contribution in [0.3, 0.4) is 0 Å². The van der Waals surface area contributed by atoms with Crippen LogP contribution in [0, 0.1) is 12.8 Å². The van der Waals surface area contributed by atoms with Gasteiger partial charge < -0.3 is 19.5 Å². The second-order valence-corrected chi connectivity index (χ2v) is 10.8. The van der Waals surface area contributed by atoms with Crippen molar-refractivity contribution in [2.75, 3.05) is 36.4 Å². The molecule has 1 aliphatic rings. The van der Waals surface area contributed by atoms with E-state index >= 15 is 0 Å². The maximum atomic E-state index is 12.4. The van der Waals surface area contributed by atoms with Crippen molar-refractivity contribution in [2.24, 2.45) is 5.92 Å². The molecule has 0 radical (unpaired) electrons. The Kier molecular flexibility index (Phi) is 9.43. The largest absolute Gasteiger partial charge is 0.457 e. The summed E-state index contributed by atoms with van der Waals surface area (Å²) in [5.41, 5.74) is 3.71. The van der Waals surface area contributed by atoms with E-state index in [1.165, 1.54) is 6.08 Å². The highest BCUT2D eigenvalue weighted by molar-refractivity contribution is 7.80. The average molecular weight is 565 g/mol. The molecule has 0 bridgehead atoms. The number of aryl methyl sites for hydroxylation is 1. The zero-order chi connectivity index (χ0) is 27.9. The van der Waals surface area contributed by atoms with Gasteiger partial charge in [0.1, 0.15) is 11.5 Å². The van der Waals surface area contributed by atoms with Crippen LogP contribution < -0.4 is 15.5 Å². The summed E-state index contributed by atoms with van der Waals surface area (Å²) in [6.45, 7) is 9.14. The molecule has 9 heteroatoms. The van der Waals surface area contributed by atoms with Crippen LogP contribution in [0.4, 0.5) is 11.4 Å². The Morgan fingerprint density at radius 2 is 1.77 bits per heavy atom. The van der Waals surface area contributed by atoms with Gasteiger partial charge in [0, 0.05) is 60.6 Å². The summed E-state index contributed by atoms with van der Waals surface area (Å²) in [7, 11) is 0. The molecule has 0 spiro atoms. The van der Waals surface area contributed by atoms with E-state index in [9.17, 15) is 9.59 Å². The number of halogens is 1. The molecule has 1 aliphatic heterocycles. The fraction of sp³-hybridized carbons (Fsp3) is 0.300. The van der Waals surface area contributed by atoms with E-state index < -0.39 is 0 Å². The molecule has 39 heavy (non-hydrogen) atoms. The molecule has 2 N–H and O–H groups in total. The maximum absolute atomic E-state index is 12.4. The second-order valence-electron chi connectivity index (χ2n) is 9.96. The van der Waals surface area contributed by atoms with Gasteiger partial charge >= 0.3 is 0 Å². The quantitative estimate of drug-likeness (QED) is 0.265. The Bertz CT molecular complexity index is 1360. The standard InChI is InChI=1S/C30H33ClN4O3S/c1-20(2)18-29(37)35-16-14-34(15-17-35)24-8-6-23(7-9-24)32-30(39)33-28(36)13-11-25-10-12-27(38-25)22-5-4-21(3)26(31)19-22/h4-13,19-20H,14-18H2,1-3H3,(H2,32,33,36,39)/b13-11+. The fourth-order valence-corrected chi connectivity index (χ4v) is 4.66. The first-order chi connectivity index (χ1) is 18.7. The average Bonchev–Trinajstić information content (AvgIpc) is 3.38. The van der Waals surface area contributed by atoms with E-state index in [2.05, 4.69) is 29.4 Å². The molecule has 204 valence electrons. The van der Waals surface area contributed by atoms with E-state index in [-0.39, 0.29) is 16.9 Å². The first-order valence-corrected chi connectivity index (χ1v) is 13.8. The van der Waals surface area contributed by atoms with Crippen LogP contribution in [0.2, 0.25) is 5.02 Å². The highest BCUT2D eigenvalue weighted by atomic mass is 35.5. The molecule has 2 amide bonds. The van der Waals surface area contributed by atoms with Gasteiger partial charge in [-0.1, -0.05) is 37.6 Å². The zero-order valence-electron chi connectivity index (χ0n) is 22.4. The van der Waals surface area contributed by atoms with Gasteiger partial charge in [0.15, 0.2) is 5.11 Å². The molecule has 0 atom stereocenters. The zero-order valence-corrected chi connectivity index (χ0v) is 23.9. The van der Waals surface area contributed by atoms with Crippen LogP contribution in [-0.4, -0.2) is 48.0 Å². The molecule has 0 unspecified atom stereocenters. The van der Waals surface area contributed by atoms with Crippen LogP contribution in [0.1, 0.15) is 31.6 Å². The summed E-state index contributed by atoms with van der Waals surface area (Å²) >= 11 is 11.5. The summed E-state index contributed by atoms with van der Waals surface area (Å²) in [6.07, 6.45) is 3.55. The summed E-state index contributed by atoms with van der Waals surface area (Å²) in [6, 6.07) is 17.2. The molecule has 2 aromatic carbocycles. The van der Waals surface area contributed by atoms with Gasteiger partial charge in [-0.15, -0.1) is 0 Å². The van der Waals surface area contributed by atoms with Crippen molar-refractivity contribution < 1.29 is 14.0 Å². The number of benzene rings is 2. The van der Waals surface area contributed by atoms with Crippen molar-refractivity contribution in [1.82, 2.24) is 10.2 Å². The third-order valence-corrected chi connectivity index (χ3v) is 7.04. The number of carbonyl (C=O) groups is 2. The topological polar surface area (TPSA) is 77.8 Å². The summed E-state index contributed by atoms with van der Waals surface area (Å²) in [4.78, 5) is 28.9. The van der Waals surface area contributed by atoms with Crippen LogP contribution in [-0.2, 0) is 9.59 Å².